The summed E-state index contributed by atoms with van der Waals surface area (Å²) >= 11 is 0. The molecular formula is C24H23F3N2O5. The van der Waals surface area contributed by atoms with Crippen LogP contribution in [0.15, 0.2) is 58.3 Å². The van der Waals surface area contributed by atoms with Gasteiger partial charge in [0.15, 0.2) is 11.5 Å². The highest BCUT2D eigenvalue weighted by molar-refractivity contribution is 6.14. The Bertz CT molecular complexity index is 1170. The molecule has 7 nitrogen and oxygen atoms in total. The number of amides is 2. The lowest BCUT2D eigenvalue weighted by Crippen LogP contribution is -2.66. The van der Waals surface area contributed by atoms with Gasteiger partial charge in [0.1, 0.15) is 5.75 Å². The number of nitrogens with one attached hydrogen (secondary N) is 1. The van der Waals surface area contributed by atoms with Crippen molar-refractivity contribution in [3.05, 3.63) is 65.3 Å². The Morgan fingerprint density at radius 2 is 1.82 bits per heavy atom. The van der Waals surface area contributed by atoms with Crippen LogP contribution in [0, 0.1) is 5.41 Å². The Labute approximate surface area is 193 Å². The number of hydrogen-bond acceptors (Lipinski definition) is 5. The van der Waals surface area contributed by atoms with Crippen molar-refractivity contribution in [2.75, 3.05) is 7.11 Å². The maximum absolute atomic E-state index is 14.7. The summed E-state index contributed by atoms with van der Waals surface area (Å²) < 4.78 is 54.2. The summed E-state index contributed by atoms with van der Waals surface area (Å²) in [5.41, 5.74) is -4.39. The van der Waals surface area contributed by atoms with Gasteiger partial charge in [0.05, 0.1) is 25.5 Å². The molecule has 10 heteroatoms. The molecular weight excluding hydrogens is 453 g/mol. The number of alkyl halides is 3. The molecule has 1 aliphatic heterocycles. The van der Waals surface area contributed by atoms with Gasteiger partial charge in [-0.3, -0.25) is 14.4 Å². The van der Waals surface area contributed by atoms with Crippen molar-refractivity contribution in [3.63, 3.8) is 0 Å². The molecule has 0 fully saturated rings. The minimum absolute atomic E-state index is 0.0286. The molecule has 0 bridgehead atoms. The lowest BCUT2D eigenvalue weighted by atomic mass is 9.72. The molecule has 34 heavy (non-hydrogen) atoms. The number of ketones is 1. The van der Waals surface area contributed by atoms with Crippen LogP contribution in [0.5, 0.6) is 5.75 Å². The van der Waals surface area contributed by atoms with Crippen molar-refractivity contribution in [2.24, 2.45) is 5.41 Å². The summed E-state index contributed by atoms with van der Waals surface area (Å²) in [7, 11) is 1.48. The van der Waals surface area contributed by atoms with Crippen LogP contribution in [0.2, 0.25) is 0 Å². The lowest BCUT2D eigenvalue weighted by Gasteiger charge is -2.35. The number of benzene rings is 1. The number of carbonyl (C=O) groups excluding carboxylic acids is 3. The van der Waals surface area contributed by atoms with Gasteiger partial charge in [-0.2, -0.15) is 13.2 Å². The van der Waals surface area contributed by atoms with E-state index in [-0.39, 0.29) is 25.1 Å². The summed E-state index contributed by atoms with van der Waals surface area (Å²) in [6, 6.07) is 9.00. The van der Waals surface area contributed by atoms with E-state index in [1.165, 1.54) is 19.2 Å². The van der Waals surface area contributed by atoms with Crippen LogP contribution in [0.4, 0.5) is 13.2 Å². The summed E-state index contributed by atoms with van der Waals surface area (Å²) in [6.07, 6.45) is -4.28. The number of furan rings is 1. The molecule has 4 rings (SSSR count). The summed E-state index contributed by atoms with van der Waals surface area (Å²) in [4.78, 5) is 40.3. The van der Waals surface area contributed by atoms with Crippen molar-refractivity contribution in [3.8, 4) is 5.75 Å². The number of halogens is 3. The van der Waals surface area contributed by atoms with Gasteiger partial charge >= 0.3 is 6.18 Å². The first kappa shape index (κ1) is 23.6. The normalized spacial score (nSPS) is 22.1. The quantitative estimate of drug-likeness (QED) is 0.705. The average Bonchev–Trinajstić information content (AvgIpc) is 3.36. The van der Waals surface area contributed by atoms with Crippen molar-refractivity contribution >= 4 is 17.6 Å². The fourth-order valence-electron chi connectivity index (χ4n) is 4.55. The summed E-state index contributed by atoms with van der Waals surface area (Å²) in [5.74, 6) is -3.36. The minimum atomic E-state index is -5.28. The Kier molecular flexibility index (Phi) is 5.58. The first-order chi connectivity index (χ1) is 15.9. The fraction of sp³-hybridized carbons (Fsp3) is 0.375. The molecule has 2 aliphatic rings. The number of carbonyl (C=O) groups is 3. The van der Waals surface area contributed by atoms with Crippen molar-refractivity contribution < 1.29 is 36.7 Å². The smallest absolute Gasteiger partial charge is 0.425 e. The summed E-state index contributed by atoms with van der Waals surface area (Å²) in [6.45, 7) is 3.29. The predicted molar refractivity (Wildman–Crippen MR) is 114 cm³/mol. The maximum atomic E-state index is 14.7. The molecule has 0 unspecified atom stereocenters. The predicted octanol–water partition coefficient (Wildman–Crippen LogP) is 4.00. The lowest BCUT2D eigenvalue weighted by molar-refractivity contribution is -0.191. The van der Waals surface area contributed by atoms with Gasteiger partial charge in [-0.25, -0.2) is 0 Å². The molecule has 180 valence electrons. The highest BCUT2D eigenvalue weighted by Gasteiger charge is 2.71. The minimum Gasteiger partial charge on any atom is -0.497 e. The van der Waals surface area contributed by atoms with Crippen molar-refractivity contribution in [1.29, 1.82) is 0 Å². The van der Waals surface area contributed by atoms with Crippen LogP contribution in [-0.2, 0) is 16.1 Å². The van der Waals surface area contributed by atoms with Crippen LogP contribution >= 0.6 is 0 Å². The Morgan fingerprint density at radius 3 is 2.38 bits per heavy atom. The Morgan fingerprint density at radius 1 is 1.15 bits per heavy atom. The van der Waals surface area contributed by atoms with E-state index in [2.05, 4.69) is 0 Å². The molecule has 1 N–H and O–H groups in total. The Hall–Kier alpha value is -3.56. The van der Waals surface area contributed by atoms with E-state index in [1.807, 2.05) is 5.32 Å². The zero-order chi connectivity index (χ0) is 24.9. The highest BCUT2D eigenvalue weighted by atomic mass is 19.4. The number of hydrogen-bond donors (Lipinski definition) is 1. The third-order valence-electron chi connectivity index (χ3n) is 6.09. The second-order valence-electron chi connectivity index (χ2n) is 9.18. The second kappa shape index (κ2) is 8.03. The molecule has 1 aromatic carbocycles. The molecule has 2 amide bonds. The number of rotatable bonds is 5. The number of allylic oxidation sites excluding steroid dienone is 1. The molecule has 0 saturated carbocycles. The Balaban J connectivity index is 1.85. The van der Waals surface area contributed by atoms with Crippen molar-refractivity contribution in [1.82, 2.24) is 10.2 Å². The monoisotopic (exact) mass is 476 g/mol. The SMILES string of the molecule is COc1ccc(CN2C(=O)[C@](NC(=O)c3ccco3)(C(F)(F)F)C3=C2CC(C)(C)CC3=O)cc1. The van der Waals surface area contributed by atoms with E-state index in [0.717, 1.165) is 11.2 Å². The number of Topliss-reactive ketones (excluding diaryl/α,β-unsaturated/α-hetero) is 1. The molecule has 1 atom stereocenters. The standard InChI is InChI=1S/C24H23F3N2O5/c1-22(2)11-16-19(17(30)12-22)23(24(25,26)27,28-20(31)18-5-4-10-34-18)21(32)29(16)13-14-6-8-15(33-3)9-7-14/h4-10H,11-13H2,1-3H3,(H,28,31)/t23-/m0/s1. The van der Waals surface area contributed by atoms with E-state index < -0.39 is 46.1 Å². The molecule has 0 radical (unpaired) electrons. The van der Waals surface area contributed by atoms with Crippen LogP contribution in [0.25, 0.3) is 0 Å². The van der Waals surface area contributed by atoms with Gasteiger partial charge in [0.2, 0.25) is 5.54 Å². The molecule has 2 heterocycles. The largest absolute Gasteiger partial charge is 0.497 e. The van der Waals surface area contributed by atoms with Gasteiger partial charge < -0.3 is 19.4 Å². The highest BCUT2D eigenvalue weighted by Crippen LogP contribution is 2.52. The van der Waals surface area contributed by atoms with Gasteiger partial charge in [0.25, 0.3) is 11.8 Å². The molecule has 0 saturated heterocycles. The molecule has 0 spiro atoms. The number of methoxy groups -OCH3 is 1. The van der Waals surface area contributed by atoms with Gasteiger partial charge in [0, 0.05) is 12.1 Å². The average molecular weight is 476 g/mol. The first-order valence-electron chi connectivity index (χ1n) is 10.5. The van der Waals surface area contributed by atoms with E-state index >= 15 is 0 Å². The van der Waals surface area contributed by atoms with Crippen LogP contribution in [0.1, 0.15) is 42.8 Å². The summed E-state index contributed by atoms with van der Waals surface area (Å²) in [5, 5.41) is 1.83. The fourth-order valence-corrected chi connectivity index (χ4v) is 4.55. The van der Waals surface area contributed by atoms with Gasteiger partial charge in [-0.1, -0.05) is 26.0 Å². The maximum Gasteiger partial charge on any atom is 0.425 e. The molecule has 1 aliphatic carbocycles. The van der Waals surface area contributed by atoms with Crippen molar-refractivity contribution in [2.45, 2.75) is 44.9 Å². The zero-order valence-corrected chi connectivity index (χ0v) is 18.8. The second-order valence-corrected chi connectivity index (χ2v) is 9.18. The topological polar surface area (TPSA) is 88.8 Å². The molecule has 2 aromatic rings. The van der Waals surface area contributed by atoms with E-state index in [0.29, 0.717) is 11.3 Å². The van der Waals surface area contributed by atoms with Gasteiger partial charge in [-0.15, -0.1) is 0 Å². The van der Waals surface area contributed by atoms with Gasteiger partial charge in [-0.05, 0) is 41.7 Å². The van der Waals surface area contributed by atoms with Crippen LogP contribution in [0.3, 0.4) is 0 Å². The van der Waals surface area contributed by atoms with E-state index in [9.17, 15) is 27.6 Å². The third-order valence-corrected chi connectivity index (χ3v) is 6.09. The van der Waals surface area contributed by atoms with Crippen LogP contribution in [-0.4, -0.2) is 41.3 Å². The number of nitrogens with zero attached hydrogens (tertiary/aromatic N) is 1. The van der Waals surface area contributed by atoms with E-state index in [4.69, 9.17) is 9.15 Å². The zero-order valence-electron chi connectivity index (χ0n) is 18.8. The third kappa shape index (κ3) is 3.76. The first-order valence-corrected chi connectivity index (χ1v) is 10.5. The number of ether oxygens (including phenoxy) is 1. The van der Waals surface area contributed by atoms with Crippen LogP contribution < -0.4 is 10.1 Å². The molecule has 1 aromatic heterocycles. The van der Waals surface area contributed by atoms with E-state index in [1.54, 1.807) is 38.1 Å².